The van der Waals surface area contributed by atoms with Gasteiger partial charge in [0.1, 0.15) is 5.75 Å². The Morgan fingerprint density at radius 2 is 1.50 bits per heavy atom. The topological polar surface area (TPSA) is 154 Å². The van der Waals surface area contributed by atoms with Gasteiger partial charge in [0.15, 0.2) is 0 Å². The van der Waals surface area contributed by atoms with Crippen molar-refractivity contribution in [2.75, 3.05) is 12.4 Å². The first-order chi connectivity index (χ1) is 18.6. The van der Waals surface area contributed by atoms with Gasteiger partial charge in [-0.1, -0.05) is 18.2 Å². The Bertz CT molecular complexity index is 1270. The molecule has 1 aliphatic rings. The first-order valence-electron chi connectivity index (χ1n) is 11.0. The standard InChI is InChI=1S/C20H20N4O2.2C2HF3O2/c1-26-18-7-4-14-10-21-19(9-15(14)8-18)20(25)24-17-5-2-13(3-6-17)16-11-22-23-12-16;2*3-2(4,5)1(6)7/h2-8,11-12,19,21H,9-10H2,1H3,(H,22,23)(H,24,25);2*(H,6,7). The van der Waals surface area contributed by atoms with Gasteiger partial charge in [0, 0.05) is 24.0 Å². The van der Waals surface area contributed by atoms with Crippen LogP contribution in [0.1, 0.15) is 11.1 Å². The average molecular weight is 576 g/mol. The number of fused-ring (bicyclic) bond motifs is 1. The van der Waals surface area contributed by atoms with Gasteiger partial charge >= 0.3 is 24.3 Å². The minimum absolute atomic E-state index is 0.0328. The van der Waals surface area contributed by atoms with Gasteiger partial charge in [-0.25, -0.2) is 9.59 Å². The fourth-order valence-electron chi connectivity index (χ4n) is 3.19. The summed E-state index contributed by atoms with van der Waals surface area (Å²) < 4.78 is 68.8. The molecular formula is C24H22F6N4O6. The third kappa shape index (κ3) is 9.61. The van der Waals surface area contributed by atoms with E-state index in [9.17, 15) is 31.1 Å². The molecule has 0 spiro atoms. The van der Waals surface area contributed by atoms with Gasteiger partial charge in [-0.15, -0.1) is 0 Å². The van der Waals surface area contributed by atoms with Crippen LogP contribution in [0.25, 0.3) is 11.1 Å². The lowest BCUT2D eigenvalue weighted by atomic mass is 9.95. The van der Waals surface area contributed by atoms with Gasteiger partial charge in [-0.2, -0.15) is 31.4 Å². The number of ether oxygens (including phenoxy) is 1. The summed E-state index contributed by atoms with van der Waals surface area (Å²) in [4.78, 5) is 30.4. The van der Waals surface area contributed by atoms with Gasteiger partial charge in [0.2, 0.25) is 5.91 Å². The molecule has 1 unspecified atom stereocenters. The average Bonchev–Trinajstić information content (AvgIpc) is 3.43. The Hall–Kier alpha value is -4.60. The molecule has 1 aliphatic heterocycles. The van der Waals surface area contributed by atoms with Crippen LogP contribution in [0.15, 0.2) is 54.9 Å². The second-order valence-electron chi connectivity index (χ2n) is 7.93. The van der Waals surface area contributed by atoms with E-state index in [1.807, 2.05) is 48.7 Å². The molecule has 0 fully saturated rings. The molecule has 0 saturated carbocycles. The molecule has 5 N–H and O–H groups in total. The predicted molar refractivity (Wildman–Crippen MR) is 127 cm³/mol. The normalized spacial score (nSPS) is 14.3. The first-order valence-corrected chi connectivity index (χ1v) is 11.0. The maximum atomic E-state index is 12.6. The molecule has 2 aromatic carbocycles. The molecule has 1 amide bonds. The number of nitrogens with zero attached hydrogens (tertiary/aromatic N) is 1. The lowest BCUT2D eigenvalue weighted by Crippen LogP contribution is -2.44. The molecule has 10 nitrogen and oxygen atoms in total. The Balaban J connectivity index is 0.000000333. The minimum Gasteiger partial charge on any atom is -0.497 e. The highest BCUT2D eigenvalue weighted by molar-refractivity contribution is 5.95. The number of carboxylic acid groups (broad SMARTS) is 2. The van der Waals surface area contributed by atoms with Gasteiger partial charge in [-0.05, 0) is 47.4 Å². The van der Waals surface area contributed by atoms with Crippen molar-refractivity contribution in [3.8, 4) is 16.9 Å². The van der Waals surface area contributed by atoms with Crippen LogP contribution in [0, 0.1) is 0 Å². The van der Waals surface area contributed by atoms with Crippen molar-refractivity contribution in [2.45, 2.75) is 31.4 Å². The first kappa shape index (κ1) is 31.6. The molecule has 2 heterocycles. The number of carbonyl (C=O) groups is 3. The Kier molecular flexibility index (Phi) is 10.6. The van der Waals surface area contributed by atoms with Crippen LogP contribution in [0.5, 0.6) is 5.75 Å². The molecule has 216 valence electrons. The van der Waals surface area contributed by atoms with Crippen LogP contribution in [0.4, 0.5) is 32.0 Å². The number of benzene rings is 2. The van der Waals surface area contributed by atoms with Gasteiger partial charge < -0.3 is 25.6 Å². The highest BCUT2D eigenvalue weighted by atomic mass is 19.4. The number of anilines is 1. The van der Waals surface area contributed by atoms with Gasteiger partial charge in [0.05, 0.1) is 19.3 Å². The van der Waals surface area contributed by atoms with Crippen LogP contribution in [-0.4, -0.2) is 63.8 Å². The summed E-state index contributed by atoms with van der Waals surface area (Å²) in [6.07, 6.45) is -5.91. The number of H-pyrrole nitrogens is 1. The van der Waals surface area contributed by atoms with E-state index in [4.69, 9.17) is 24.5 Å². The van der Waals surface area contributed by atoms with Crippen LogP contribution in [0.2, 0.25) is 0 Å². The van der Waals surface area contributed by atoms with Crippen molar-refractivity contribution >= 4 is 23.5 Å². The lowest BCUT2D eigenvalue weighted by molar-refractivity contribution is -0.193. The predicted octanol–water partition coefficient (Wildman–Crippen LogP) is 4.00. The number of rotatable bonds is 4. The van der Waals surface area contributed by atoms with Crippen molar-refractivity contribution in [3.63, 3.8) is 0 Å². The van der Waals surface area contributed by atoms with Crippen molar-refractivity contribution in [3.05, 3.63) is 66.0 Å². The second kappa shape index (κ2) is 13.5. The number of aliphatic carboxylic acids is 2. The van der Waals surface area contributed by atoms with Crippen molar-refractivity contribution in [1.82, 2.24) is 15.5 Å². The number of aromatic nitrogens is 2. The van der Waals surface area contributed by atoms with E-state index >= 15 is 0 Å². The quantitative estimate of drug-likeness (QED) is 0.292. The molecule has 0 radical (unpaired) electrons. The highest BCUT2D eigenvalue weighted by Gasteiger charge is 2.38. The van der Waals surface area contributed by atoms with E-state index in [1.165, 1.54) is 5.56 Å². The van der Waals surface area contributed by atoms with Gasteiger partial charge in [-0.3, -0.25) is 9.89 Å². The zero-order chi connectivity index (χ0) is 30.1. The fraction of sp³-hybridized carbons (Fsp3) is 0.250. The summed E-state index contributed by atoms with van der Waals surface area (Å²) in [5, 5.41) is 27.3. The van der Waals surface area contributed by atoms with Crippen LogP contribution in [0.3, 0.4) is 0 Å². The summed E-state index contributed by atoms with van der Waals surface area (Å²) in [5.74, 6) is -4.73. The lowest BCUT2D eigenvalue weighted by Gasteiger charge is -2.25. The fourth-order valence-corrected chi connectivity index (χ4v) is 3.19. The number of hydrogen-bond acceptors (Lipinski definition) is 6. The number of carboxylic acids is 2. The van der Waals surface area contributed by atoms with E-state index < -0.39 is 24.3 Å². The maximum Gasteiger partial charge on any atom is 0.490 e. The molecule has 0 bridgehead atoms. The number of halogens is 6. The Labute approximate surface area is 222 Å². The highest BCUT2D eigenvalue weighted by Crippen LogP contribution is 2.24. The van der Waals surface area contributed by atoms with Crippen molar-refractivity contribution in [2.24, 2.45) is 0 Å². The molecule has 0 aliphatic carbocycles. The number of methoxy groups -OCH3 is 1. The summed E-state index contributed by atoms with van der Waals surface area (Å²) in [7, 11) is 1.65. The largest absolute Gasteiger partial charge is 0.497 e. The van der Waals surface area contributed by atoms with E-state index in [-0.39, 0.29) is 11.9 Å². The number of amides is 1. The number of hydrogen-bond donors (Lipinski definition) is 5. The number of carbonyl (C=O) groups excluding carboxylic acids is 1. The summed E-state index contributed by atoms with van der Waals surface area (Å²) in [6.45, 7) is 0.677. The molecule has 4 rings (SSSR count). The number of alkyl halides is 6. The van der Waals surface area contributed by atoms with Crippen LogP contribution >= 0.6 is 0 Å². The summed E-state index contributed by atoms with van der Waals surface area (Å²) in [6, 6.07) is 13.5. The third-order valence-electron chi connectivity index (χ3n) is 5.16. The van der Waals surface area contributed by atoms with Crippen LogP contribution < -0.4 is 15.4 Å². The van der Waals surface area contributed by atoms with Crippen molar-refractivity contribution in [1.29, 1.82) is 0 Å². The minimum atomic E-state index is -5.08. The SMILES string of the molecule is COc1ccc2c(c1)CC(C(=O)Nc1ccc(-c3cn[nH]c3)cc1)NC2.O=C(O)C(F)(F)F.O=C(O)C(F)(F)F. The van der Waals surface area contributed by atoms with E-state index in [1.54, 1.807) is 13.3 Å². The zero-order valence-corrected chi connectivity index (χ0v) is 20.4. The summed E-state index contributed by atoms with van der Waals surface area (Å²) >= 11 is 0. The Morgan fingerprint density at radius 1 is 0.925 bits per heavy atom. The molecule has 1 atom stereocenters. The molecule has 3 aromatic rings. The molecular weight excluding hydrogens is 554 g/mol. The molecule has 16 heteroatoms. The third-order valence-corrected chi connectivity index (χ3v) is 5.16. The molecule has 1 aromatic heterocycles. The monoisotopic (exact) mass is 576 g/mol. The second-order valence-corrected chi connectivity index (χ2v) is 7.93. The Morgan fingerprint density at radius 3 is 1.98 bits per heavy atom. The smallest absolute Gasteiger partial charge is 0.490 e. The van der Waals surface area contributed by atoms with E-state index in [0.717, 1.165) is 28.1 Å². The van der Waals surface area contributed by atoms with E-state index in [2.05, 4.69) is 20.8 Å². The zero-order valence-electron chi connectivity index (χ0n) is 20.4. The number of aromatic amines is 1. The summed E-state index contributed by atoms with van der Waals surface area (Å²) in [5.41, 5.74) is 5.20. The maximum absolute atomic E-state index is 12.6. The molecule has 0 saturated heterocycles. The number of nitrogens with one attached hydrogen (secondary N) is 3. The van der Waals surface area contributed by atoms with Crippen LogP contribution in [-0.2, 0) is 27.3 Å². The molecule has 40 heavy (non-hydrogen) atoms. The van der Waals surface area contributed by atoms with Gasteiger partial charge in [0.25, 0.3) is 0 Å². The van der Waals surface area contributed by atoms with E-state index in [0.29, 0.717) is 13.0 Å². The van der Waals surface area contributed by atoms with Crippen molar-refractivity contribution < 1.29 is 55.7 Å².